The van der Waals surface area contributed by atoms with Crippen molar-refractivity contribution in [1.29, 1.82) is 0 Å². The Balaban J connectivity index is 1.38. The van der Waals surface area contributed by atoms with Crippen LogP contribution in [-0.4, -0.2) is 42.4 Å². The number of hydrogen-bond acceptors (Lipinski definition) is 6. The van der Waals surface area contributed by atoms with E-state index in [-0.39, 0.29) is 11.6 Å². The molecule has 1 aromatic carbocycles. The summed E-state index contributed by atoms with van der Waals surface area (Å²) < 4.78 is 1.75. The molecule has 4 heterocycles. The zero-order valence-electron chi connectivity index (χ0n) is 16.2. The standard InChI is InChI=1S/C21H17ClN8O/c22-13-3-5-24-18(10-13)21(31)25-7-8-30-11-15-19(29-30)14-2-1-12(16-4-6-26-28-16)9-17(14)27-20(15)23/h1-6,9-11H,7-8H2,(H2,23,27)(H,25,31)(H,26,28). The van der Waals surface area contributed by atoms with Gasteiger partial charge in [0.2, 0.25) is 0 Å². The van der Waals surface area contributed by atoms with Crippen LogP contribution in [0.25, 0.3) is 33.1 Å². The molecular formula is C21H17ClN8O. The van der Waals surface area contributed by atoms with Crippen LogP contribution in [0.2, 0.25) is 5.02 Å². The fourth-order valence-corrected chi connectivity index (χ4v) is 3.58. The number of aromatic nitrogens is 6. The molecule has 0 aliphatic rings. The normalized spacial score (nSPS) is 11.3. The number of pyridine rings is 2. The topological polar surface area (TPSA) is 127 Å². The lowest BCUT2D eigenvalue weighted by Gasteiger charge is -2.05. The van der Waals surface area contributed by atoms with Gasteiger partial charge in [-0.3, -0.25) is 19.6 Å². The van der Waals surface area contributed by atoms with E-state index < -0.39 is 0 Å². The molecule has 4 aromatic heterocycles. The van der Waals surface area contributed by atoms with E-state index in [1.165, 1.54) is 12.3 Å². The molecule has 5 rings (SSSR count). The van der Waals surface area contributed by atoms with Crippen LogP contribution in [0.5, 0.6) is 0 Å². The van der Waals surface area contributed by atoms with Gasteiger partial charge in [-0.15, -0.1) is 0 Å². The first-order valence-electron chi connectivity index (χ1n) is 9.54. The highest BCUT2D eigenvalue weighted by Crippen LogP contribution is 2.29. The summed E-state index contributed by atoms with van der Waals surface area (Å²) in [7, 11) is 0. The second kappa shape index (κ2) is 7.69. The fraction of sp³-hybridized carbons (Fsp3) is 0.0952. The lowest BCUT2D eigenvalue weighted by atomic mass is 10.1. The van der Waals surface area contributed by atoms with Gasteiger partial charge in [-0.1, -0.05) is 17.7 Å². The third-order valence-electron chi connectivity index (χ3n) is 4.92. The Labute approximate surface area is 181 Å². The number of nitrogen functional groups attached to an aromatic ring is 1. The Hall–Kier alpha value is -3.98. The van der Waals surface area contributed by atoms with Crippen molar-refractivity contribution >= 4 is 45.1 Å². The number of benzene rings is 1. The lowest BCUT2D eigenvalue weighted by molar-refractivity contribution is 0.0947. The van der Waals surface area contributed by atoms with Crippen molar-refractivity contribution in [1.82, 2.24) is 35.3 Å². The molecule has 0 radical (unpaired) electrons. The summed E-state index contributed by atoms with van der Waals surface area (Å²) in [5.41, 5.74) is 9.85. The van der Waals surface area contributed by atoms with Crippen LogP contribution in [0.1, 0.15) is 10.5 Å². The minimum Gasteiger partial charge on any atom is -0.383 e. The van der Waals surface area contributed by atoms with Crippen molar-refractivity contribution in [2.24, 2.45) is 0 Å². The molecule has 0 atom stereocenters. The second-order valence-corrected chi connectivity index (χ2v) is 7.41. The Morgan fingerprint density at radius 3 is 2.87 bits per heavy atom. The fourth-order valence-electron chi connectivity index (χ4n) is 3.42. The lowest BCUT2D eigenvalue weighted by Crippen LogP contribution is -2.28. The molecular weight excluding hydrogens is 416 g/mol. The van der Waals surface area contributed by atoms with Crippen molar-refractivity contribution in [2.45, 2.75) is 6.54 Å². The van der Waals surface area contributed by atoms with Gasteiger partial charge in [-0.05, 0) is 30.3 Å². The van der Waals surface area contributed by atoms with Crippen LogP contribution in [-0.2, 0) is 6.54 Å². The number of hydrogen-bond donors (Lipinski definition) is 3. The van der Waals surface area contributed by atoms with Gasteiger partial charge < -0.3 is 11.1 Å². The first-order chi connectivity index (χ1) is 15.1. The quantitative estimate of drug-likeness (QED) is 0.391. The monoisotopic (exact) mass is 432 g/mol. The zero-order valence-corrected chi connectivity index (χ0v) is 17.0. The summed E-state index contributed by atoms with van der Waals surface area (Å²) in [6.45, 7) is 0.838. The molecule has 1 amide bonds. The first kappa shape index (κ1) is 19.0. The number of nitrogens with zero attached hydrogens (tertiary/aromatic N) is 5. The number of halogens is 1. The largest absolute Gasteiger partial charge is 0.383 e. The average molecular weight is 433 g/mol. The van der Waals surface area contributed by atoms with Crippen LogP contribution >= 0.6 is 11.6 Å². The summed E-state index contributed by atoms with van der Waals surface area (Å²) in [6, 6.07) is 11.0. The number of H-pyrrole nitrogens is 1. The van der Waals surface area contributed by atoms with Gasteiger partial charge in [0.25, 0.3) is 5.91 Å². The number of carbonyl (C=O) groups is 1. The predicted octanol–water partition coefficient (Wildman–Crippen LogP) is 3.04. The minimum absolute atomic E-state index is 0.269. The van der Waals surface area contributed by atoms with Crippen molar-refractivity contribution in [2.75, 3.05) is 12.3 Å². The van der Waals surface area contributed by atoms with Gasteiger partial charge in [-0.2, -0.15) is 10.2 Å². The van der Waals surface area contributed by atoms with Gasteiger partial charge in [0.15, 0.2) is 0 Å². The van der Waals surface area contributed by atoms with Gasteiger partial charge in [-0.25, -0.2) is 4.98 Å². The first-order valence-corrected chi connectivity index (χ1v) is 9.92. The smallest absolute Gasteiger partial charge is 0.269 e. The minimum atomic E-state index is -0.294. The second-order valence-electron chi connectivity index (χ2n) is 6.97. The molecule has 9 nitrogen and oxygen atoms in total. The summed E-state index contributed by atoms with van der Waals surface area (Å²) in [6.07, 6.45) is 5.03. The highest BCUT2D eigenvalue weighted by molar-refractivity contribution is 6.30. The number of carbonyl (C=O) groups excluding carboxylic acids is 1. The summed E-state index contributed by atoms with van der Waals surface area (Å²) >= 11 is 5.91. The molecule has 0 spiro atoms. The third-order valence-corrected chi connectivity index (χ3v) is 5.16. The highest BCUT2D eigenvalue weighted by atomic mass is 35.5. The summed E-state index contributed by atoms with van der Waals surface area (Å²) in [4.78, 5) is 20.8. The SMILES string of the molecule is Nc1nc2cc(-c3ccn[nH]3)ccc2c2nn(CCNC(=O)c3cc(Cl)ccn3)cc12. The number of aromatic amines is 1. The van der Waals surface area contributed by atoms with Gasteiger partial charge in [0.1, 0.15) is 17.0 Å². The maximum absolute atomic E-state index is 12.2. The van der Waals surface area contributed by atoms with Gasteiger partial charge in [0, 0.05) is 41.1 Å². The van der Waals surface area contributed by atoms with E-state index in [2.05, 4.69) is 30.6 Å². The van der Waals surface area contributed by atoms with E-state index in [1.807, 2.05) is 30.5 Å². The van der Waals surface area contributed by atoms with Gasteiger partial charge >= 0.3 is 0 Å². The van der Waals surface area contributed by atoms with Crippen LogP contribution in [0.3, 0.4) is 0 Å². The Morgan fingerprint density at radius 2 is 2.06 bits per heavy atom. The van der Waals surface area contributed by atoms with Gasteiger partial charge in [0.05, 0.1) is 23.1 Å². The molecule has 0 unspecified atom stereocenters. The molecule has 10 heteroatoms. The molecule has 0 saturated heterocycles. The predicted molar refractivity (Wildman–Crippen MR) is 119 cm³/mol. The van der Waals surface area contributed by atoms with Crippen molar-refractivity contribution < 1.29 is 4.79 Å². The molecule has 0 bridgehead atoms. The van der Waals surface area contributed by atoms with E-state index in [4.69, 9.17) is 17.3 Å². The third kappa shape index (κ3) is 3.66. The number of nitrogens with one attached hydrogen (secondary N) is 2. The van der Waals surface area contributed by atoms with E-state index in [9.17, 15) is 4.79 Å². The average Bonchev–Trinajstić information content (AvgIpc) is 3.44. The van der Waals surface area contributed by atoms with Crippen molar-refractivity contribution in [3.05, 3.63) is 65.7 Å². The number of fused-ring (bicyclic) bond motifs is 3. The molecule has 31 heavy (non-hydrogen) atoms. The molecule has 0 aliphatic carbocycles. The van der Waals surface area contributed by atoms with E-state index in [0.717, 1.165) is 33.1 Å². The Kier molecular flexibility index (Phi) is 4.72. The van der Waals surface area contributed by atoms with Crippen LogP contribution in [0, 0.1) is 0 Å². The van der Waals surface area contributed by atoms with E-state index in [1.54, 1.807) is 16.9 Å². The molecule has 4 N–H and O–H groups in total. The Morgan fingerprint density at radius 1 is 1.16 bits per heavy atom. The molecule has 154 valence electrons. The van der Waals surface area contributed by atoms with E-state index in [0.29, 0.717) is 23.9 Å². The zero-order chi connectivity index (χ0) is 21.4. The highest BCUT2D eigenvalue weighted by Gasteiger charge is 2.13. The molecule has 0 aliphatic heterocycles. The van der Waals surface area contributed by atoms with E-state index >= 15 is 0 Å². The number of amides is 1. The molecule has 5 aromatic rings. The summed E-state index contributed by atoms with van der Waals surface area (Å²) in [5, 5.41) is 16.5. The number of anilines is 1. The van der Waals surface area contributed by atoms with Crippen LogP contribution in [0.4, 0.5) is 5.82 Å². The van der Waals surface area contributed by atoms with Crippen LogP contribution < -0.4 is 11.1 Å². The molecule has 0 fully saturated rings. The Bertz CT molecular complexity index is 1410. The van der Waals surface area contributed by atoms with Crippen molar-refractivity contribution in [3.8, 4) is 11.3 Å². The van der Waals surface area contributed by atoms with Crippen molar-refractivity contribution in [3.63, 3.8) is 0 Å². The summed E-state index contributed by atoms with van der Waals surface area (Å²) in [5.74, 6) is 0.111. The van der Waals surface area contributed by atoms with Crippen LogP contribution in [0.15, 0.2) is 55.0 Å². The maximum atomic E-state index is 12.2. The number of nitrogens with two attached hydrogens (primary N) is 1. The number of rotatable bonds is 5. The maximum Gasteiger partial charge on any atom is 0.269 e. The molecule has 0 saturated carbocycles.